The number of aliphatic carboxylic acids is 1. The quantitative estimate of drug-likeness (QED) is 0.640. The van der Waals surface area contributed by atoms with Gasteiger partial charge in [-0.05, 0) is 12.5 Å². The monoisotopic (exact) mass is 237 g/mol. The van der Waals surface area contributed by atoms with Gasteiger partial charge in [-0.2, -0.15) is 0 Å². The normalized spacial score (nSPS) is 18.0. The number of ether oxygens (including phenoxy) is 1. The fraction of sp³-hybridized carbons (Fsp3) is 0.364. The molecule has 1 aliphatic rings. The molecular weight excluding hydrogens is 226 g/mol. The standard InChI is InChI=1S/C11H11NO5/c13-11(14)5-7-3-4-17-10-2-1-8(12(15)16)6-9(7)10/h1-2,6-7H,3-5H2,(H,13,14). The molecule has 0 aromatic heterocycles. The highest BCUT2D eigenvalue weighted by molar-refractivity contribution is 5.68. The van der Waals surface area contributed by atoms with E-state index in [1.165, 1.54) is 18.2 Å². The Morgan fingerprint density at radius 1 is 1.59 bits per heavy atom. The van der Waals surface area contributed by atoms with Crippen LogP contribution in [0.2, 0.25) is 0 Å². The molecule has 1 aliphatic heterocycles. The van der Waals surface area contributed by atoms with E-state index in [2.05, 4.69) is 0 Å². The van der Waals surface area contributed by atoms with Gasteiger partial charge in [0.05, 0.1) is 18.0 Å². The first kappa shape index (κ1) is 11.4. The zero-order valence-electron chi connectivity index (χ0n) is 8.96. The predicted molar refractivity (Wildman–Crippen MR) is 58.2 cm³/mol. The summed E-state index contributed by atoms with van der Waals surface area (Å²) in [5.41, 5.74) is 0.581. The second kappa shape index (κ2) is 4.40. The molecule has 2 rings (SSSR count). The molecule has 0 fully saturated rings. The molecule has 0 amide bonds. The van der Waals surface area contributed by atoms with E-state index >= 15 is 0 Å². The average molecular weight is 237 g/mol. The molecular formula is C11H11NO5. The van der Waals surface area contributed by atoms with Gasteiger partial charge in [0.1, 0.15) is 5.75 Å². The van der Waals surface area contributed by atoms with Crippen LogP contribution in [0.4, 0.5) is 5.69 Å². The lowest BCUT2D eigenvalue weighted by Crippen LogP contribution is -2.17. The lowest BCUT2D eigenvalue weighted by atomic mass is 9.90. The van der Waals surface area contributed by atoms with Crippen LogP contribution in [0.25, 0.3) is 0 Å². The summed E-state index contributed by atoms with van der Waals surface area (Å²) in [4.78, 5) is 20.9. The average Bonchev–Trinajstić information content (AvgIpc) is 2.28. The van der Waals surface area contributed by atoms with Crippen LogP contribution in [0.1, 0.15) is 24.3 Å². The molecule has 6 nitrogen and oxygen atoms in total. The summed E-state index contributed by atoms with van der Waals surface area (Å²) in [6.45, 7) is 0.447. The van der Waals surface area contributed by atoms with E-state index in [1.807, 2.05) is 0 Å². The number of nitro groups is 1. The van der Waals surface area contributed by atoms with Crippen LogP contribution >= 0.6 is 0 Å². The van der Waals surface area contributed by atoms with Crippen molar-refractivity contribution in [3.63, 3.8) is 0 Å². The van der Waals surface area contributed by atoms with E-state index in [-0.39, 0.29) is 18.0 Å². The van der Waals surface area contributed by atoms with E-state index < -0.39 is 10.9 Å². The number of hydrogen-bond donors (Lipinski definition) is 1. The molecule has 0 bridgehead atoms. The van der Waals surface area contributed by atoms with Crippen LogP contribution in [0.15, 0.2) is 18.2 Å². The number of nitrogens with zero attached hydrogens (tertiary/aromatic N) is 1. The van der Waals surface area contributed by atoms with Crippen molar-refractivity contribution in [2.24, 2.45) is 0 Å². The minimum Gasteiger partial charge on any atom is -0.493 e. The fourth-order valence-electron chi connectivity index (χ4n) is 1.99. The smallest absolute Gasteiger partial charge is 0.303 e. The van der Waals surface area contributed by atoms with E-state index in [9.17, 15) is 14.9 Å². The van der Waals surface area contributed by atoms with Crippen LogP contribution in [-0.2, 0) is 4.79 Å². The summed E-state index contributed by atoms with van der Waals surface area (Å²) in [5.74, 6) is -0.571. The third-order valence-electron chi connectivity index (χ3n) is 2.79. The van der Waals surface area contributed by atoms with Gasteiger partial charge in [0, 0.05) is 23.6 Å². The van der Waals surface area contributed by atoms with Crippen molar-refractivity contribution in [2.45, 2.75) is 18.8 Å². The number of fused-ring (bicyclic) bond motifs is 1. The molecule has 0 radical (unpaired) electrons. The molecule has 0 saturated carbocycles. The highest BCUT2D eigenvalue weighted by Crippen LogP contribution is 2.37. The second-order valence-corrected chi connectivity index (χ2v) is 3.91. The number of nitro benzene ring substituents is 1. The lowest BCUT2D eigenvalue weighted by Gasteiger charge is -2.24. The van der Waals surface area contributed by atoms with Crippen LogP contribution < -0.4 is 4.74 Å². The Morgan fingerprint density at radius 3 is 3.00 bits per heavy atom. The van der Waals surface area contributed by atoms with Crippen LogP contribution in [0, 0.1) is 10.1 Å². The van der Waals surface area contributed by atoms with E-state index in [1.54, 1.807) is 0 Å². The summed E-state index contributed by atoms with van der Waals surface area (Å²) in [6.07, 6.45) is 0.540. The molecule has 1 heterocycles. The highest BCUT2D eigenvalue weighted by atomic mass is 16.6. The van der Waals surface area contributed by atoms with Gasteiger partial charge in [0.25, 0.3) is 5.69 Å². The first-order valence-corrected chi connectivity index (χ1v) is 5.21. The number of carboxylic acids is 1. The van der Waals surface area contributed by atoms with E-state index in [0.717, 1.165) is 0 Å². The van der Waals surface area contributed by atoms with Crippen molar-refractivity contribution >= 4 is 11.7 Å². The maximum absolute atomic E-state index is 10.7. The third kappa shape index (κ3) is 2.35. The minimum atomic E-state index is -0.908. The van der Waals surface area contributed by atoms with Crippen molar-refractivity contribution in [1.82, 2.24) is 0 Å². The summed E-state index contributed by atoms with van der Waals surface area (Å²) in [5, 5.41) is 19.5. The molecule has 0 spiro atoms. The summed E-state index contributed by atoms with van der Waals surface area (Å²) in [7, 11) is 0. The van der Waals surface area contributed by atoms with Crippen molar-refractivity contribution in [1.29, 1.82) is 0 Å². The molecule has 1 N–H and O–H groups in total. The molecule has 90 valence electrons. The van der Waals surface area contributed by atoms with E-state index in [0.29, 0.717) is 24.3 Å². The topological polar surface area (TPSA) is 89.7 Å². The second-order valence-electron chi connectivity index (χ2n) is 3.91. The molecule has 1 atom stereocenters. The first-order valence-electron chi connectivity index (χ1n) is 5.21. The van der Waals surface area contributed by atoms with Gasteiger partial charge in [-0.15, -0.1) is 0 Å². The van der Waals surface area contributed by atoms with Gasteiger partial charge in [0.2, 0.25) is 0 Å². The lowest BCUT2D eigenvalue weighted by molar-refractivity contribution is -0.385. The number of hydrogen-bond acceptors (Lipinski definition) is 4. The SMILES string of the molecule is O=C(O)CC1CCOc2ccc([N+](=O)[O-])cc21. The van der Waals surface area contributed by atoms with Crippen molar-refractivity contribution in [2.75, 3.05) is 6.61 Å². The number of non-ortho nitro benzene ring substituents is 1. The van der Waals surface area contributed by atoms with Crippen molar-refractivity contribution in [3.8, 4) is 5.75 Å². The number of benzene rings is 1. The summed E-state index contributed by atoms with van der Waals surface area (Å²) in [6, 6.07) is 4.30. The largest absolute Gasteiger partial charge is 0.493 e. The molecule has 0 saturated heterocycles. The zero-order chi connectivity index (χ0) is 12.4. The molecule has 1 aromatic rings. The molecule has 0 aliphatic carbocycles. The summed E-state index contributed by atoms with van der Waals surface area (Å²) < 4.78 is 5.35. The van der Waals surface area contributed by atoms with Gasteiger partial charge < -0.3 is 9.84 Å². The Balaban J connectivity index is 2.37. The van der Waals surface area contributed by atoms with Crippen LogP contribution in [0.5, 0.6) is 5.75 Å². The number of carbonyl (C=O) groups is 1. The van der Waals surface area contributed by atoms with Gasteiger partial charge >= 0.3 is 5.97 Å². The zero-order valence-corrected chi connectivity index (χ0v) is 8.96. The van der Waals surface area contributed by atoms with Crippen molar-refractivity contribution < 1.29 is 19.6 Å². The Kier molecular flexibility index (Phi) is 2.95. The molecule has 1 unspecified atom stereocenters. The predicted octanol–water partition coefficient (Wildman–Crippen LogP) is 1.94. The van der Waals surface area contributed by atoms with Crippen LogP contribution in [-0.4, -0.2) is 22.6 Å². The van der Waals surface area contributed by atoms with E-state index in [4.69, 9.17) is 9.84 Å². The Labute approximate surface area is 97.0 Å². The molecule has 17 heavy (non-hydrogen) atoms. The minimum absolute atomic E-state index is 0.0302. The molecule has 1 aromatic carbocycles. The van der Waals surface area contributed by atoms with Gasteiger partial charge in [-0.25, -0.2) is 0 Å². The summed E-state index contributed by atoms with van der Waals surface area (Å²) >= 11 is 0. The first-order chi connectivity index (χ1) is 8.08. The van der Waals surface area contributed by atoms with Crippen molar-refractivity contribution in [3.05, 3.63) is 33.9 Å². The Hall–Kier alpha value is -2.11. The molecule has 6 heteroatoms. The Bertz CT molecular complexity index is 471. The maximum atomic E-state index is 10.7. The van der Waals surface area contributed by atoms with Gasteiger partial charge in [-0.1, -0.05) is 0 Å². The highest BCUT2D eigenvalue weighted by Gasteiger charge is 2.25. The number of carboxylic acid groups (broad SMARTS) is 1. The number of rotatable bonds is 3. The maximum Gasteiger partial charge on any atom is 0.303 e. The van der Waals surface area contributed by atoms with Gasteiger partial charge in [0.15, 0.2) is 0 Å². The Morgan fingerprint density at radius 2 is 2.35 bits per heavy atom. The van der Waals surface area contributed by atoms with Crippen LogP contribution in [0.3, 0.4) is 0 Å². The van der Waals surface area contributed by atoms with Gasteiger partial charge in [-0.3, -0.25) is 14.9 Å². The third-order valence-corrected chi connectivity index (χ3v) is 2.79. The fourth-order valence-corrected chi connectivity index (χ4v) is 1.99.